The van der Waals surface area contributed by atoms with E-state index >= 15 is 0 Å². The normalized spacial score (nSPS) is 15.3. The number of hydrogen-bond acceptors (Lipinski definition) is 4. The van der Waals surface area contributed by atoms with Crippen molar-refractivity contribution in [2.75, 3.05) is 18.0 Å². The van der Waals surface area contributed by atoms with E-state index in [2.05, 4.69) is 11.1 Å². The molecule has 2 heterocycles. The molecule has 1 N–H and O–H groups in total. The Morgan fingerprint density at radius 1 is 1.69 bits per heavy atom. The molecular weight excluding hydrogens is 206 g/mol. The van der Waals surface area contributed by atoms with Crippen LogP contribution in [-0.2, 0) is 4.79 Å². The molecule has 0 unspecified atom stereocenters. The number of aromatic nitrogens is 1. The summed E-state index contributed by atoms with van der Waals surface area (Å²) in [5, 5.41) is 17.5. The maximum atomic E-state index is 10.5. The van der Waals surface area contributed by atoms with Gasteiger partial charge < -0.3 is 10.0 Å². The first-order valence-electron chi connectivity index (χ1n) is 5.02. The van der Waals surface area contributed by atoms with Crippen LogP contribution in [0.15, 0.2) is 18.3 Å². The molecule has 1 aliphatic heterocycles. The molecule has 0 aromatic carbocycles. The highest BCUT2D eigenvalue weighted by molar-refractivity contribution is 5.68. The number of carbonyl (C=O) groups is 1. The van der Waals surface area contributed by atoms with Crippen LogP contribution < -0.4 is 4.90 Å². The summed E-state index contributed by atoms with van der Waals surface area (Å²) in [7, 11) is 0. The van der Waals surface area contributed by atoms with Gasteiger partial charge in [0.2, 0.25) is 0 Å². The van der Waals surface area contributed by atoms with Gasteiger partial charge in [-0.3, -0.25) is 4.79 Å². The Morgan fingerprint density at radius 3 is 3.06 bits per heavy atom. The third-order valence-electron chi connectivity index (χ3n) is 2.63. The van der Waals surface area contributed by atoms with Gasteiger partial charge in [-0.1, -0.05) is 0 Å². The number of nitriles is 1. The first-order valence-corrected chi connectivity index (χ1v) is 5.02. The van der Waals surface area contributed by atoms with Crippen molar-refractivity contribution in [3.05, 3.63) is 23.9 Å². The lowest BCUT2D eigenvalue weighted by Gasteiger charge is -2.39. The predicted octanol–water partition coefficient (Wildman–Crippen LogP) is 0.864. The second-order valence-corrected chi connectivity index (χ2v) is 3.86. The summed E-state index contributed by atoms with van der Waals surface area (Å²) in [6.07, 6.45) is 1.83. The molecule has 0 spiro atoms. The molecule has 5 nitrogen and oxygen atoms in total. The zero-order chi connectivity index (χ0) is 11.5. The fourth-order valence-electron chi connectivity index (χ4n) is 1.86. The van der Waals surface area contributed by atoms with E-state index in [-0.39, 0.29) is 12.3 Å². The summed E-state index contributed by atoms with van der Waals surface area (Å²) in [5.74, 6) is 0.0591. The largest absolute Gasteiger partial charge is 0.481 e. The minimum atomic E-state index is -0.772. The molecule has 0 bridgehead atoms. The van der Waals surface area contributed by atoms with Gasteiger partial charge >= 0.3 is 5.97 Å². The van der Waals surface area contributed by atoms with Gasteiger partial charge in [-0.25, -0.2) is 4.98 Å². The lowest BCUT2D eigenvalue weighted by molar-refractivity contribution is -0.138. The third kappa shape index (κ3) is 1.96. The predicted molar refractivity (Wildman–Crippen MR) is 56.9 cm³/mol. The van der Waals surface area contributed by atoms with Crippen LogP contribution in [0, 0.1) is 17.2 Å². The van der Waals surface area contributed by atoms with Gasteiger partial charge in [0.15, 0.2) is 0 Å². The third-order valence-corrected chi connectivity index (χ3v) is 2.63. The Labute approximate surface area is 92.9 Å². The Bertz CT molecular complexity index is 447. The van der Waals surface area contributed by atoms with Crippen LogP contribution in [-0.4, -0.2) is 29.1 Å². The van der Waals surface area contributed by atoms with Crippen LogP contribution >= 0.6 is 0 Å². The van der Waals surface area contributed by atoms with Crippen molar-refractivity contribution >= 4 is 11.8 Å². The van der Waals surface area contributed by atoms with Crippen molar-refractivity contribution in [2.24, 2.45) is 5.92 Å². The zero-order valence-corrected chi connectivity index (χ0v) is 8.63. The number of anilines is 1. The van der Waals surface area contributed by atoms with Crippen LogP contribution in [0.5, 0.6) is 0 Å². The molecule has 5 heteroatoms. The molecule has 0 atom stereocenters. The Balaban J connectivity index is 2.02. The molecule has 16 heavy (non-hydrogen) atoms. The van der Waals surface area contributed by atoms with E-state index in [1.165, 1.54) is 0 Å². The molecule has 1 fully saturated rings. The number of aliphatic carboxylic acids is 1. The van der Waals surface area contributed by atoms with Crippen LogP contribution in [0.25, 0.3) is 0 Å². The Hall–Kier alpha value is -2.09. The van der Waals surface area contributed by atoms with Gasteiger partial charge in [-0.2, -0.15) is 5.26 Å². The Morgan fingerprint density at radius 2 is 2.44 bits per heavy atom. The fourth-order valence-corrected chi connectivity index (χ4v) is 1.86. The second-order valence-electron chi connectivity index (χ2n) is 3.86. The molecule has 0 aliphatic carbocycles. The fraction of sp³-hybridized carbons (Fsp3) is 0.364. The van der Waals surface area contributed by atoms with Crippen molar-refractivity contribution < 1.29 is 9.90 Å². The topological polar surface area (TPSA) is 77.2 Å². The van der Waals surface area contributed by atoms with E-state index < -0.39 is 5.97 Å². The molecule has 1 saturated heterocycles. The molecule has 2 rings (SSSR count). The lowest BCUT2D eigenvalue weighted by atomic mass is 9.96. The van der Waals surface area contributed by atoms with Gasteiger partial charge in [0.25, 0.3) is 0 Å². The molecule has 0 radical (unpaired) electrons. The highest BCUT2D eigenvalue weighted by atomic mass is 16.4. The monoisotopic (exact) mass is 217 g/mol. The van der Waals surface area contributed by atoms with E-state index in [1.54, 1.807) is 18.3 Å². The van der Waals surface area contributed by atoms with E-state index in [0.717, 1.165) is 0 Å². The quantitative estimate of drug-likeness (QED) is 0.812. The van der Waals surface area contributed by atoms with Crippen molar-refractivity contribution in [3.8, 4) is 6.07 Å². The number of rotatable bonds is 3. The molecule has 82 valence electrons. The second kappa shape index (κ2) is 4.19. The number of hydrogen-bond donors (Lipinski definition) is 1. The van der Waals surface area contributed by atoms with E-state index in [9.17, 15) is 4.79 Å². The molecular formula is C11H11N3O2. The average molecular weight is 217 g/mol. The summed E-state index contributed by atoms with van der Waals surface area (Å²) >= 11 is 0. The highest BCUT2D eigenvalue weighted by Gasteiger charge is 2.30. The van der Waals surface area contributed by atoms with Gasteiger partial charge in [-0.05, 0) is 12.1 Å². The number of carboxylic acids is 1. The maximum absolute atomic E-state index is 10.5. The van der Waals surface area contributed by atoms with Crippen LogP contribution in [0.1, 0.15) is 12.0 Å². The van der Waals surface area contributed by atoms with Crippen LogP contribution in [0.2, 0.25) is 0 Å². The van der Waals surface area contributed by atoms with Crippen molar-refractivity contribution in [3.63, 3.8) is 0 Å². The molecule has 1 aliphatic rings. The lowest BCUT2D eigenvalue weighted by Crippen LogP contribution is -2.48. The highest BCUT2D eigenvalue weighted by Crippen LogP contribution is 2.26. The van der Waals surface area contributed by atoms with Gasteiger partial charge in [0.05, 0.1) is 12.0 Å². The number of carboxylic acid groups (broad SMARTS) is 1. The van der Waals surface area contributed by atoms with Crippen molar-refractivity contribution in [1.82, 2.24) is 4.98 Å². The molecule has 1 aromatic rings. The van der Waals surface area contributed by atoms with E-state index in [4.69, 9.17) is 10.4 Å². The van der Waals surface area contributed by atoms with E-state index in [1.807, 2.05) is 4.90 Å². The molecule has 0 saturated carbocycles. The standard InChI is InChI=1S/C11H11N3O2/c12-5-9-2-1-3-13-11(9)14-6-8(7-14)4-10(15)16/h1-3,8H,4,6-7H2,(H,15,16). The summed E-state index contributed by atoms with van der Waals surface area (Å²) in [4.78, 5) is 16.6. The minimum Gasteiger partial charge on any atom is -0.481 e. The summed E-state index contributed by atoms with van der Waals surface area (Å²) in [6, 6.07) is 5.51. The van der Waals surface area contributed by atoms with Gasteiger partial charge in [0, 0.05) is 25.2 Å². The average Bonchev–Trinajstić information content (AvgIpc) is 2.22. The van der Waals surface area contributed by atoms with Gasteiger partial charge in [0.1, 0.15) is 11.9 Å². The number of nitrogens with zero attached hydrogens (tertiary/aromatic N) is 3. The van der Waals surface area contributed by atoms with Crippen molar-refractivity contribution in [1.29, 1.82) is 5.26 Å². The first-order chi connectivity index (χ1) is 7.70. The van der Waals surface area contributed by atoms with Crippen LogP contribution in [0.3, 0.4) is 0 Å². The summed E-state index contributed by atoms with van der Waals surface area (Å²) in [5.41, 5.74) is 0.538. The zero-order valence-electron chi connectivity index (χ0n) is 8.63. The van der Waals surface area contributed by atoms with Crippen molar-refractivity contribution in [2.45, 2.75) is 6.42 Å². The Kier molecular flexibility index (Phi) is 2.73. The number of pyridine rings is 1. The summed E-state index contributed by atoms with van der Waals surface area (Å²) < 4.78 is 0. The van der Waals surface area contributed by atoms with Gasteiger partial charge in [-0.15, -0.1) is 0 Å². The first kappa shape index (κ1) is 10.4. The molecule has 0 amide bonds. The van der Waals surface area contributed by atoms with Crippen LogP contribution in [0.4, 0.5) is 5.82 Å². The summed E-state index contributed by atoms with van der Waals surface area (Å²) in [6.45, 7) is 1.33. The SMILES string of the molecule is N#Cc1cccnc1N1CC(CC(=O)O)C1. The van der Waals surface area contributed by atoms with E-state index in [0.29, 0.717) is 24.5 Å². The maximum Gasteiger partial charge on any atom is 0.303 e. The molecule has 1 aromatic heterocycles. The minimum absolute atomic E-state index is 0.172. The smallest absolute Gasteiger partial charge is 0.303 e.